The van der Waals surface area contributed by atoms with E-state index in [1.165, 1.54) is 6.20 Å². The Morgan fingerprint density at radius 1 is 1.16 bits per heavy atom. The Hall–Kier alpha value is -2.40. The van der Waals surface area contributed by atoms with Crippen molar-refractivity contribution in [1.29, 1.82) is 0 Å². The van der Waals surface area contributed by atoms with Crippen LogP contribution in [0.5, 0.6) is 5.75 Å². The minimum absolute atomic E-state index is 0.0241. The monoisotopic (exact) mass is 259 g/mol. The average Bonchev–Trinajstić information content (AvgIpc) is 2.45. The second-order valence-corrected chi connectivity index (χ2v) is 3.87. The lowest BCUT2D eigenvalue weighted by Crippen LogP contribution is -2.08. The van der Waals surface area contributed by atoms with Gasteiger partial charge in [-0.2, -0.15) is 0 Å². The summed E-state index contributed by atoms with van der Waals surface area (Å²) in [5, 5.41) is 18.2. The first-order valence-electron chi connectivity index (χ1n) is 5.71. The number of aromatic nitrogens is 1. The number of carboxylic acid groups (broad SMARTS) is 1. The molecule has 0 unspecified atom stereocenters. The highest BCUT2D eigenvalue weighted by atomic mass is 16.5. The molecule has 0 radical (unpaired) electrons. The SMILES string of the molecule is O=C(O)c1ncccc1COc1ccccc1CO. The molecule has 0 aliphatic rings. The number of rotatable bonds is 5. The van der Waals surface area contributed by atoms with E-state index in [1.54, 1.807) is 36.4 Å². The lowest BCUT2D eigenvalue weighted by molar-refractivity contribution is 0.0687. The molecule has 1 heterocycles. The number of para-hydroxylation sites is 1. The van der Waals surface area contributed by atoms with E-state index in [2.05, 4.69) is 4.98 Å². The summed E-state index contributed by atoms with van der Waals surface area (Å²) in [4.78, 5) is 14.8. The molecule has 0 amide bonds. The quantitative estimate of drug-likeness (QED) is 0.856. The summed E-state index contributed by atoms with van der Waals surface area (Å²) in [6.07, 6.45) is 1.43. The number of ether oxygens (including phenoxy) is 1. The van der Waals surface area contributed by atoms with Crippen LogP contribution in [-0.2, 0) is 13.2 Å². The largest absolute Gasteiger partial charge is 0.488 e. The molecule has 0 saturated heterocycles. The normalized spacial score (nSPS) is 10.2. The Morgan fingerprint density at radius 2 is 1.89 bits per heavy atom. The number of carbonyl (C=O) groups is 1. The van der Waals surface area contributed by atoms with Gasteiger partial charge in [-0.25, -0.2) is 9.78 Å². The molecular weight excluding hydrogens is 246 g/mol. The number of benzene rings is 1. The number of aliphatic hydroxyl groups excluding tert-OH is 1. The van der Waals surface area contributed by atoms with E-state index in [9.17, 15) is 9.90 Å². The predicted molar refractivity (Wildman–Crippen MR) is 67.9 cm³/mol. The van der Waals surface area contributed by atoms with E-state index in [0.717, 1.165) is 0 Å². The third-order valence-corrected chi connectivity index (χ3v) is 2.62. The number of nitrogens with zero attached hydrogens (tertiary/aromatic N) is 1. The van der Waals surface area contributed by atoms with Gasteiger partial charge in [-0.15, -0.1) is 0 Å². The number of pyridine rings is 1. The van der Waals surface area contributed by atoms with Crippen LogP contribution in [0.4, 0.5) is 0 Å². The fourth-order valence-corrected chi connectivity index (χ4v) is 1.68. The van der Waals surface area contributed by atoms with Gasteiger partial charge in [0.1, 0.15) is 12.4 Å². The van der Waals surface area contributed by atoms with E-state index >= 15 is 0 Å². The van der Waals surface area contributed by atoms with Gasteiger partial charge in [-0.3, -0.25) is 0 Å². The highest BCUT2D eigenvalue weighted by molar-refractivity contribution is 5.86. The lowest BCUT2D eigenvalue weighted by Gasteiger charge is -2.10. The number of hydrogen-bond acceptors (Lipinski definition) is 4. The van der Waals surface area contributed by atoms with Crippen molar-refractivity contribution in [2.75, 3.05) is 0 Å². The van der Waals surface area contributed by atoms with Gasteiger partial charge in [0.05, 0.1) is 6.61 Å². The zero-order valence-electron chi connectivity index (χ0n) is 10.1. The first-order valence-corrected chi connectivity index (χ1v) is 5.71. The lowest BCUT2D eigenvalue weighted by atomic mass is 10.2. The topological polar surface area (TPSA) is 79.7 Å². The second kappa shape index (κ2) is 5.97. The second-order valence-electron chi connectivity index (χ2n) is 3.87. The molecule has 0 aliphatic carbocycles. The standard InChI is InChI=1S/C14H13NO4/c16-8-10-4-1-2-6-12(10)19-9-11-5-3-7-15-13(11)14(17)18/h1-7,16H,8-9H2,(H,17,18). The van der Waals surface area contributed by atoms with Crippen LogP contribution in [0.3, 0.4) is 0 Å². The molecule has 5 nitrogen and oxygen atoms in total. The molecule has 0 saturated carbocycles. The molecule has 1 aromatic heterocycles. The predicted octanol–water partition coefficient (Wildman–Crippen LogP) is 1.85. The average molecular weight is 259 g/mol. The Morgan fingerprint density at radius 3 is 2.63 bits per heavy atom. The van der Waals surface area contributed by atoms with Crippen molar-refractivity contribution in [2.45, 2.75) is 13.2 Å². The molecule has 0 fully saturated rings. The fourth-order valence-electron chi connectivity index (χ4n) is 1.68. The van der Waals surface area contributed by atoms with Gasteiger partial charge in [-0.1, -0.05) is 24.3 Å². The molecule has 2 N–H and O–H groups in total. The van der Waals surface area contributed by atoms with Crippen LogP contribution < -0.4 is 4.74 Å². The Labute approximate surface area is 110 Å². The van der Waals surface area contributed by atoms with Crippen molar-refractivity contribution in [3.63, 3.8) is 0 Å². The van der Waals surface area contributed by atoms with Crippen LogP contribution in [0, 0.1) is 0 Å². The van der Waals surface area contributed by atoms with Crippen molar-refractivity contribution >= 4 is 5.97 Å². The molecule has 0 aliphatic heterocycles. The van der Waals surface area contributed by atoms with E-state index < -0.39 is 5.97 Å². The van der Waals surface area contributed by atoms with Gasteiger partial charge < -0.3 is 14.9 Å². The first-order chi connectivity index (χ1) is 9.22. The summed E-state index contributed by atoms with van der Waals surface area (Å²) >= 11 is 0. The number of aromatic carboxylic acids is 1. The van der Waals surface area contributed by atoms with Crippen molar-refractivity contribution in [2.24, 2.45) is 0 Å². The Kier molecular flexibility index (Phi) is 4.10. The summed E-state index contributed by atoms with van der Waals surface area (Å²) < 4.78 is 5.54. The minimum Gasteiger partial charge on any atom is -0.488 e. The molecule has 5 heteroatoms. The molecule has 1 aromatic carbocycles. The number of aliphatic hydroxyl groups is 1. The Balaban J connectivity index is 2.17. The molecular formula is C14H13NO4. The van der Waals surface area contributed by atoms with Gasteiger partial charge in [0.2, 0.25) is 0 Å². The molecule has 19 heavy (non-hydrogen) atoms. The molecule has 0 atom stereocenters. The van der Waals surface area contributed by atoms with E-state index in [1.807, 2.05) is 0 Å². The number of hydrogen-bond donors (Lipinski definition) is 2. The van der Waals surface area contributed by atoms with Gasteiger partial charge in [-0.05, 0) is 12.1 Å². The van der Waals surface area contributed by atoms with E-state index in [-0.39, 0.29) is 18.9 Å². The summed E-state index contributed by atoms with van der Waals surface area (Å²) in [6.45, 7) is -0.0402. The third kappa shape index (κ3) is 3.08. The van der Waals surface area contributed by atoms with Crippen LogP contribution in [0.15, 0.2) is 42.6 Å². The maximum absolute atomic E-state index is 11.0. The van der Waals surface area contributed by atoms with Crippen LogP contribution in [0.1, 0.15) is 21.6 Å². The summed E-state index contributed by atoms with van der Waals surface area (Å²) in [5.74, 6) is -0.556. The molecule has 0 spiro atoms. The minimum atomic E-state index is -1.09. The van der Waals surface area contributed by atoms with Crippen LogP contribution in [0.25, 0.3) is 0 Å². The fraction of sp³-hybridized carbons (Fsp3) is 0.143. The molecule has 2 rings (SSSR count). The van der Waals surface area contributed by atoms with Crippen LogP contribution in [-0.4, -0.2) is 21.2 Å². The van der Waals surface area contributed by atoms with Crippen molar-refractivity contribution < 1.29 is 19.7 Å². The van der Waals surface area contributed by atoms with Gasteiger partial charge in [0.15, 0.2) is 5.69 Å². The van der Waals surface area contributed by atoms with Crippen LogP contribution >= 0.6 is 0 Å². The zero-order valence-corrected chi connectivity index (χ0v) is 10.1. The molecule has 0 bridgehead atoms. The zero-order chi connectivity index (χ0) is 13.7. The van der Waals surface area contributed by atoms with E-state index in [4.69, 9.17) is 9.84 Å². The maximum Gasteiger partial charge on any atom is 0.354 e. The summed E-state index contributed by atoms with van der Waals surface area (Å²) in [6, 6.07) is 10.4. The highest BCUT2D eigenvalue weighted by Crippen LogP contribution is 2.19. The van der Waals surface area contributed by atoms with Gasteiger partial charge in [0.25, 0.3) is 0 Å². The molecule has 2 aromatic rings. The number of carboxylic acids is 1. The van der Waals surface area contributed by atoms with Crippen molar-refractivity contribution in [1.82, 2.24) is 4.98 Å². The van der Waals surface area contributed by atoms with Gasteiger partial charge in [0, 0.05) is 17.3 Å². The Bertz CT molecular complexity index is 583. The van der Waals surface area contributed by atoms with Crippen molar-refractivity contribution in [3.05, 3.63) is 59.4 Å². The van der Waals surface area contributed by atoms with Crippen LogP contribution in [0.2, 0.25) is 0 Å². The van der Waals surface area contributed by atoms with Crippen molar-refractivity contribution in [3.8, 4) is 5.75 Å². The maximum atomic E-state index is 11.0. The smallest absolute Gasteiger partial charge is 0.354 e. The highest BCUT2D eigenvalue weighted by Gasteiger charge is 2.11. The summed E-state index contributed by atoms with van der Waals surface area (Å²) in [7, 11) is 0. The molecule has 98 valence electrons. The first kappa shape index (κ1) is 13.0. The van der Waals surface area contributed by atoms with E-state index in [0.29, 0.717) is 16.9 Å². The van der Waals surface area contributed by atoms with Gasteiger partial charge >= 0.3 is 5.97 Å². The summed E-state index contributed by atoms with van der Waals surface area (Å²) in [5.41, 5.74) is 1.12. The third-order valence-electron chi connectivity index (χ3n) is 2.62.